The fourth-order valence-corrected chi connectivity index (χ4v) is 4.12. The van der Waals surface area contributed by atoms with Crippen molar-refractivity contribution in [2.45, 2.75) is 25.7 Å². The number of thiazole rings is 1. The third-order valence-corrected chi connectivity index (χ3v) is 5.45. The van der Waals surface area contributed by atoms with Crippen molar-refractivity contribution in [2.24, 2.45) is 0 Å². The van der Waals surface area contributed by atoms with Crippen molar-refractivity contribution < 1.29 is 14.3 Å². The summed E-state index contributed by atoms with van der Waals surface area (Å²) in [6, 6.07) is 5.48. The van der Waals surface area contributed by atoms with Crippen LogP contribution in [0.3, 0.4) is 0 Å². The molecule has 2 aliphatic heterocycles. The Hall–Kier alpha value is -2.08. The average Bonchev–Trinajstić information content (AvgIpc) is 3.22. The summed E-state index contributed by atoms with van der Waals surface area (Å²) < 4.78 is 10.8. The van der Waals surface area contributed by atoms with Gasteiger partial charge in [-0.05, 0) is 31.9 Å². The van der Waals surface area contributed by atoms with E-state index in [0.717, 1.165) is 36.6 Å². The Labute approximate surface area is 138 Å². The molecule has 1 aromatic carbocycles. The monoisotopic (exact) mass is 330 g/mol. The maximum absolute atomic E-state index is 12.9. The topological polar surface area (TPSA) is 51.7 Å². The highest BCUT2D eigenvalue weighted by atomic mass is 32.1. The zero-order chi connectivity index (χ0) is 15.8. The maximum atomic E-state index is 12.9. The van der Waals surface area contributed by atoms with Gasteiger partial charge in [-0.15, -0.1) is 11.3 Å². The molecule has 0 radical (unpaired) electrons. The number of para-hydroxylation sites is 1. The van der Waals surface area contributed by atoms with Crippen LogP contribution in [0.15, 0.2) is 23.6 Å². The molecule has 0 bridgehead atoms. The lowest BCUT2D eigenvalue weighted by Gasteiger charge is -2.32. The number of nitrogens with zero attached hydrogens (tertiary/aromatic N) is 2. The summed E-state index contributed by atoms with van der Waals surface area (Å²) >= 11 is 1.69. The molecule has 1 amide bonds. The summed E-state index contributed by atoms with van der Waals surface area (Å²) in [4.78, 5) is 19.4. The van der Waals surface area contributed by atoms with Gasteiger partial charge in [0, 0.05) is 30.1 Å². The minimum atomic E-state index is 0.0188. The largest absolute Gasteiger partial charge is 0.454 e. The van der Waals surface area contributed by atoms with Gasteiger partial charge < -0.3 is 14.4 Å². The molecule has 23 heavy (non-hydrogen) atoms. The minimum absolute atomic E-state index is 0.0188. The summed E-state index contributed by atoms with van der Waals surface area (Å²) in [6.45, 7) is 3.69. The van der Waals surface area contributed by atoms with E-state index in [1.165, 1.54) is 0 Å². The molecule has 3 heterocycles. The molecule has 0 N–H and O–H groups in total. The molecule has 5 nitrogen and oxygen atoms in total. The van der Waals surface area contributed by atoms with Gasteiger partial charge in [-0.2, -0.15) is 0 Å². The van der Waals surface area contributed by atoms with Crippen LogP contribution in [0.2, 0.25) is 0 Å². The molecule has 6 heteroatoms. The van der Waals surface area contributed by atoms with E-state index in [4.69, 9.17) is 9.47 Å². The van der Waals surface area contributed by atoms with E-state index in [1.807, 2.05) is 30.0 Å². The summed E-state index contributed by atoms with van der Waals surface area (Å²) in [7, 11) is 0. The van der Waals surface area contributed by atoms with Crippen LogP contribution >= 0.6 is 11.3 Å². The van der Waals surface area contributed by atoms with Crippen LogP contribution < -0.4 is 9.47 Å². The molecule has 2 aromatic rings. The normalized spacial score (nSPS) is 19.9. The smallest absolute Gasteiger partial charge is 0.257 e. The van der Waals surface area contributed by atoms with Gasteiger partial charge in [0.1, 0.15) is 0 Å². The van der Waals surface area contributed by atoms with Gasteiger partial charge in [-0.1, -0.05) is 6.07 Å². The Morgan fingerprint density at radius 2 is 2.30 bits per heavy atom. The molecule has 120 valence electrons. The van der Waals surface area contributed by atoms with Crippen LogP contribution in [-0.2, 0) is 0 Å². The summed E-state index contributed by atoms with van der Waals surface area (Å²) in [5.41, 5.74) is 1.65. The summed E-state index contributed by atoms with van der Waals surface area (Å²) in [5, 5.41) is 3.21. The lowest BCUT2D eigenvalue weighted by atomic mass is 9.98. The fourth-order valence-electron chi connectivity index (χ4n) is 3.19. The highest BCUT2D eigenvalue weighted by Crippen LogP contribution is 2.37. The molecular formula is C17H18N2O3S. The summed E-state index contributed by atoms with van der Waals surface area (Å²) in [6.07, 6.45) is 2.09. The number of rotatable bonds is 2. The Bertz CT molecular complexity index is 743. The number of likely N-dealkylation sites (tertiary alicyclic amines) is 1. The zero-order valence-corrected chi connectivity index (χ0v) is 13.8. The quantitative estimate of drug-likeness (QED) is 0.848. The third kappa shape index (κ3) is 2.67. The van der Waals surface area contributed by atoms with Gasteiger partial charge in [-0.25, -0.2) is 4.98 Å². The fraction of sp³-hybridized carbons (Fsp3) is 0.412. The Morgan fingerprint density at radius 3 is 3.13 bits per heavy atom. The van der Waals surface area contributed by atoms with Gasteiger partial charge in [0.15, 0.2) is 11.5 Å². The number of hydrogen-bond acceptors (Lipinski definition) is 5. The van der Waals surface area contributed by atoms with Gasteiger partial charge >= 0.3 is 0 Å². The highest BCUT2D eigenvalue weighted by molar-refractivity contribution is 7.09. The van der Waals surface area contributed by atoms with Gasteiger partial charge in [0.05, 0.1) is 10.6 Å². The Balaban J connectivity index is 1.56. The number of carbonyl (C=O) groups is 1. The van der Waals surface area contributed by atoms with Crippen LogP contribution in [0, 0.1) is 6.92 Å². The molecule has 1 saturated heterocycles. The molecule has 4 rings (SSSR count). The van der Waals surface area contributed by atoms with Crippen molar-refractivity contribution in [1.29, 1.82) is 0 Å². The van der Waals surface area contributed by atoms with E-state index >= 15 is 0 Å². The number of carbonyl (C=O) groups excluding carboxylic acids is 1. The lowest BCUT2D eigenvalue weighted by molar-refractivity contribution is 0.0702. The molecule has 0 spiro atoms. The van der Waals surface area contributed by atoms with E-state index in [-0.39, 0.29) is 12.7 Å². The second kappa shape index (κ2) is 5.85. The SMILES string of the molecule is Cc1csc(C2CCCN(C(=O)c3cccc4c3OCO4)C2)n1. The number of amides is 1. The first kappa shape index (κ1) is 14.5. The summed E-state index contributed by atoms with van der Waals surface area (Å²) in [5.74, 6) is 1.58. The second-order valence-electron chi connectivity index (χ2n) is 5.96. The first-order chi connectivity index (χ1) is 11.2. The van der Waals surface area contributed by atoms with Gasteiger partial charge in [0.25, 0.3) is 5.91 Å². The first-order valence-electron chi connectivity index (χ1n) is 7.82. The van der Waals surface area contributed by atoms with Crippen molar-refractivity contribution in [3.8, 4) is 11.5 Å². The van der Waals surface area contributed by atoms with Crippen molar-refractivity contribution in [1.82, 2.24) is 9.88 Å². The van der Waals surface area contributed by atoms with Crippen LogP contribution in [0.5, 0.6) is 11.5 Å². The standard InChI is InChI=1S/C17H18N2O3S/c1-11-9-23-16(18-11)12-4-3-7-19(8-12)17(20)13-5-2-6-14-15(13)22-10-21-14/h2,5-6,9,12H,3-4,7-8,10H2,1H3. The number of ether oxygens (including phenoxy) is 2. The predicted octanol–water partition coefficient (Wildman–Crippen LogP) is 3.20. The highest BCUT2D eigenvalue weighted by Gasteiger charge is 2.30. The molecular weight excluding hydrogens is 312 g/mol. The van der Waals surface area contributed by atoms with Crippen LogP contribution in [-0.4, -0.2) is 35.7 Å². The van der Waals surface area contributed by atoms with Crippen LogP contribution in [0.25, 0.3) is 0 Å². The van der Waals surface area contributed by atoms with E-state index in [9.17, 15) is 4.79 Å². The first-order valence-corrected chi connectivity index (χ1v) is 8.70. The number of aryl methyl sites for hydroxylation is 1. The molecule has 0 aliphatic carbocycles. The number of fused-ring (bicyclic) bond motifs is 1. The van der Waals surface area contributed by atoms with Gasteiger partial charge in [-0.3, -0.25) is 4.79 Å². The van der Waals surface area contributed by atoms with E-state index < -0.39 is 0 Å². The number of hydrogen-bond donors (Lipinski definition) is 0. The zero-order valence-electron chi connectivity index (χ0n) is 12.9. The molecule has 1 atom stereocenters. The average molecular weight is 330 g/mol. The lowest BCUT2D eigenvalue weighted by Crippen LogP contribution is -2.39. The molecule has 1 unspecified atom stereocenters. The Kier molecular flexibility index (Phi) is 3.69. The van der Waals surface area contributed by atoms with Crippen molar-refractivity contribution >= 4 is 17.2 Å². The van der Waals surface area contributed by atoms with Crippen LogP contribution in [0.1, 0.15) is 39.8 Å². The maximum Gasteiger partial charge on any atom is 0.257 e. The van der Waals surface area contributed by atoms with E-state index in [0.29, 0.717) is 23.0 Å². The molecule has 1 aromatic heterocycles. The number of piperidine rings is 1. The van der Waals surface area contributed by atoms with Crippen molar-refractivity contribution in [2.75, 3.05) is 19.9 Å². The number of aromatic nitrogens is 1. The molecule has 2 aliphatic rings. The van der Waals surface area contributed by atoms with Crippen LogP contribution in [0.4, 0.5) is 0 Å². The molecule has 1 fully saturated rings. The van der Waals surface area contributed by atoms with Crippen molar-refractivity contribution in [3.05, 3.63) is 39.8 Å². The predicted molar refractivity (Wildman–Crippen MR) is 87.3 cm³/mol. The van der Waals surface area contributed by atoms with E-state index in [1.54, 1.807) is 11.3 Å². The number of benzene rings is 1. The van der Waals surface area contributed by atoms with Gasteiger partial charge in [0.2, 0.25) is 6.79 Å². The minimum Gasteiger partial charge on any atom is -0.454 e. The van der Waals surface area contributed by atoms with Crippen molar-refractivity contribution in [3.63, 3.8) is 0 Å². The second-order valence-corrected chi connectivity index (χ2v) is 6.85. The Morgan fingerprint density at radius 1 is 1.39 bits per heavy atom. The molecule has 0 saturated carbocycles. The third-order valence-electron chi connectivity index (χ3n) is 4.32. The van der Waals surface area contributed by atoms with E-state index in [2.05, 4.69) is 10.4 Å².